The summed E-state index contributed by atoms with van der Waals surface area (Å²) in [6, 6.07) is 8.51. The van der Waals surface area contributed by atoms with E-state index in [1.54, 1.807) is 0 Å². The zero-order valence-electron chi connectivity index (χ0n) is 15.8. The van der Waals surface area contributed by atoms with Crippen LogP contribution in [0, 0.1) is 12.8 Å². The first-order valence-corrected chi connectivity index (χ1v) is 10.0. The van der Waals surface area contributed by atoms with E-state index in [4.69, 9.17) is 0 Å². The van der Waals surface area contributed by atoms with Gasteiger partial charge in [0.2, 0.25) is 5.91 Å². The predicted octanol–water partition coefficient (Wildman–Crippen LogP) is 3.37. The maximum absolute atomic E-state index is 12.4. The van der Waals surface area contributed by atoms with Crippen LogP contribution in [0.5, 0.6) is 0 Å². The summed E-state index contributed by atoms with van der Waals surface area (Å²) in [6.07, 6.45) is 7.42. The molecule has 0 bridgehead atoms. The third-order valence-electron chi connectivity index (χ3n) is 5.80. The van der Waals surface area contributed by atoms with Gasteiger partial charge < -0.3 is 15.5 Å². The number of hydrogen-bond donors (Lipinski definition) is 2. The number of benzene rings is 1. The van der Waals surface area contributed by atoms with Crippen LogP contribution < -0.4 is 10.6 Å². The number of nitrogens with one attached hydrogen (secondary N) is 2. The molecule has 0 radical (unpaired) electrons. The third-order valence-corrected chi connectivity index (χ3v) is 5.80. The lowest BCUT2D eigenvalue weighted by atomic mass is 9.95. The lowest BCUT2D eigenvalue weighted by Crippen LogP contribution is -2.49. The Hall–Kier alpha value is -2.04. The number of nitrogens with zero attached hydrogens (tertiary/aromatic N) is 1. The highest BCUT2D eigenvalue weighted by Gasteiger charge is 2.28. The summed E-state index contributed by atoms with van der Waals surface area (Å²) < 4.78 is 0. The quantitative estimate of drug-likeness (QED) is 0.868. The molecule has 5 nitrogen and oxygen atoms in total. The fourth-order valence-electron chi connectivity index (χ4n) is 3.99. The molecule has 5 heteroatoms. The van der Waals surface area contributed by atoms with Gasteiger partial charge in [-0.25, -0.2) is 4.79 Å². The van der Waals surface area contributed by atoms with Crippen LogP contribution in [0.4, 0.5) is 4.79 Å². The van der Waals surface area contributed by atoms with Crippen LogP contribution in [0.25, 0.3) is 0 Å². The predicted molar refractivity (Wildman–Crippen MR) is 103 cm³/mol. The van der Waals surface area contributed by atoms with E-state index < -0.39 is 0 Å². The van der Waals surface area contributed by atoms with Crippen molar-refractivity contribution in [3.05, 3.63) is 35.4 Å². The highest BCUT2D eigenvalue weighted by Crippen LogP contribution is 2.20. The average Bonchev–Trinajstić information content (AvgIpc) is 2.68. The number of rotatable bonds is 4. The van der Waals surface area contributed by atoms with Gasteiger partial charge in [-0.1, -0.05) is 43.5 Å². The number of aryl methyl sites for hydroxylation is 1. The molecule has 1 aliphatic heterocycles. The third kappa shape index (κ3) is 4.99. The number of carbonyl (C=O) groups is 2. The molecule has 1 saturated heterocycles. The smallest absolute Gasteiger partial charge is 0.317 e. The molecule has 2 aliphatic rings. The van der Waals surface area contributed by atoms with Gasteiger partial charge in [0.1, 0.15) is 0 Å². The Labute approximate surface area is 156 Å². The van der Waals surface area contributed by atoms with Gasteiger partial charge in [-0.2, -0.15) is 0 Å². The molecule has 1 aromatic carbocycles. The normalized spacial score (nSPS) is 19.2. The van der Waals surface area contributed by atoms with Gasteiger partial charge in [0.15, 0.2) is 0 Å². The lowest BCUT2D eigenvalue weighted by Gasteiger charge is -2.33. The fourth-order valence-corrected chi connectivity index (χ4v) is 3.99. The van der Waals surface area contributed by atoms with Crippen LogP contribution in [-0.4, -0.2) is 36.0 Å². The van der Waals surface area contributed by atoms with E-state index in [0.717, 1.165) is 31.2 Å². The molecule has 0 spiro atoms. The van der Waals surface area contributed by atoms with Crippen molar-refractivity contribution in [1.82, 2.24) is 15.5 Å². The van der Waals surface area contributed by atoms with Gasteiger partial charge in [0.25, 0.3) is 0 Å². The Morgan fingerprint density at radius 3 is 2.42 bits per heavy atom. The minimum Gasteiger partial charge on any atom is -0.352 e. The number of piperidine rings is 1. The van der Waals surface area contributed by atoms with Crippen molar-refractivity contribution in [2.75, 3.05) is 13.1 Å². The zero-order chi connectivity index (χ0) is 18.4. The molecule has 142 valence electrons. The maximum Gasteiger partial charge on any atom is 0.317 e. The van der Waals surface area contributed by atoms with E-state index in [0.29, 0.717) is 25.7 Å². The minimum absolute atomic E-state index is 0.0118. The molecule has 0 unspecified atom stereocenters. The molecular weight excluding hydrogens is 326 g/mol. The summed E-state index contributed by atoms with van der Waals surface area (Å²) in [4.78, 5) is 26.7. The fraction of sp³-hybridized carbons (Fsp3) is 0.619. The Morgan fingerprint density at radius 1 is 1.04 bits per heavy atom. The van der Waals surface area contributed by atoms with Crippen LogP contribution in [0.3, 0.4) is 0 Å². The van der Waals surface area contributed by atoms with Gasteiger partial charge in [-0.05, 0) is 43.7 Å². The Bertz CT molecular complexity index is 617. The first-order valence-electron chi connectivity index (χ1n) is 10.0. The molecule has 2 fully saturated rings. The molecule has 0 atom stereocenters. The second kappa shape index (κ2) is 9.06. The van der Waals surface area contributed by atoms with Gasteiger partial charge in [-0.15, -0.1) is 0 Å². The summed E-state index contributed by atoms with van der Waals surface area (Å²) in [5, 5.41) is 6.23. The van der Waals surface area contributed by atoms with E-state index in [-0.39, 0.29) is 17.9 Å². The minimum atomic E-state index is 0.0118. The van der Waals surface area contributed by atoms with Crippen LogP contribution in [0.15, 0.2) is 24.3 Å². The van der Waals surface area contributed by atoms with E-state index in [9.17, 15) is 9.59 Å². The number of likely N-dealkylation sites (tertiary alicyclic amines) is 1. The summed E-state index contributed by atoms with van der Waals surface area (Å²) in [7, 11) is 0. The molecule has 1 saturated carbocycles. The second-order valence-corrected chi connectivity index (χ2v) is 7.69. The first-order chi connectivity index (χ1) is 12.6. The molecule has 2 N–H and O–H groups in total. The van der Waals surface area contributed by atoms with Gasteiger partial charge in [0.05, 0.1) is 0 Å². The van der Waals surface area contributed by atoms with E-state index >= 15 is 0 Å². The molecular formula is C21H31N3O2. The molecule has 1 aliphatic carbocycles. The van der Waals surface area contributed by atoms with Crippen molar-refractivity contribution >= 4 is 11.9 Å². The topological polar surface area (TPSA) is 61.4 Å². The monoisotopic (exact) mass is 357 g/mol. The number of hydrogen-bond acceptors (Lipinski definition) is 2. The highest BCUT2D eigenvalue weighted by atomic mass is 16.2. The second-order valence-electron chi connectivity index (χ2n) is 7.69. The summed E-state index contributed by atoms with van der Waals surface area (Å²) in [6.45, 7) is 3.97. The van der Waals surface area contributed by atoms with Crippen molar-refractivity contribution in [2.24, 2.45) is 5.92 Å². The number of carbonyl (C=O) groups excluding carboxylic acids is 2. The van der Waals surface area contributed by atoms with Crippen LogP contribution in [0.2, 0.25) is 0 Å². The van der Waals surface area contributed by atoms with Gasteiger partial charge in [-0.3, -0.25) is 4.79 Å². The summed E-state index contributed by atoms with van der Waals surface area (Å²) >= 11 is 0. The molecule has 1 heterocycles. The highest BCUT2D eigenvalue weighted by molar-refractivity contribution is 5.79. The SMILES string of the molecule is Cc1ccccc1CNC(=O)C1CCN(C(=O)NC2CCCCC2)CC1. The lowest BCUT2D eigenvalue weighted by molar-refractivity contribution is -0.126. The Morgan fingerprint density at radius 2 is 1.73 bits per heavy atom. The maximum atomic E-state index is 12.4. The molecule has 0 aromatic heterocycles. The first kappa shape index (κ1) is 18.7. The van der Waals surface area contributed by atoms with Crippen molar-refractivity contribution in [2.45, 2.75) is 64.5 Å². The number of urea groups is 1. The van der Waals surface area contributed by atoms with Crippen LogP contribution in [0.1, 0.15) is 56.1 Å². The van der Waals surface area contributed by atoms with E-state index in [2.05, 4.69) is 23.6 Å². The number of amides is 3. The molecule has 1 aromatic rings. The molecule has 3 amide bonds. The van der Waals surface area contributed by atoms with Crippen molar-refractivity contribution in [1.29, 1.82) is 0 Å². The zero-order valence-corrected chi connectivity index (χ0v) is 15.8. The largest absolute Gasteiger partial charge is 0.352 e. The van der Waals surface area contributed by atoms with Crippen LogP contribution >= 0.6 is 0 Å². The van der Waals surface area contributed by atoms with Crippen LogP contribution in [-0.2, 0) is 11.3 Å². The van der Waals surface area contributed by atoms with Crippen molar-refractivity contribution < 1.29 is 9.59 Å². The summed E-state index contributed by atoms with van der Waals surface area (Å²) in [5.74, 6) is 0.123. The van der Waals surface area contributed by atoms with Gasteiger partial charge >= 0.3 is 6.03 Å². The van der Waals surface area contributed by atoms with Crippen molar-refractivity contribution in [3.63, 3.8) is 0 Å². The van der Waals surface area contributed by atoms with E-state index in [1.165, 1.54) is 24.8 Å². The Balaban J connectivity index is 1.40. The average molecular weight is 357 g/mol. The van der Waals surface area contributed by atoms with E-state index in [1.807, 2.05) is 23.1 Å². The van der Waals surface area contributed by atoms with Crippen molar-refractivity contribution in [3.8, 4) is 0 Å². The summed E-state index contributed by atoms with van der Waals surface area (Å²) in [5.41, 5.74) is 2.35. The standard InChI is InChI=1S/C21H31N3O2/c1-16-7-5-6-8-18(16)15-22-20(25)17-11-13-24(14-12-17)21(26)23-19-9-3-2-4-10-19/h5-8,17,19H,2-4,9-15H2,1H3,(H,22,25)(H,23,26). The molecule has 3 rings (SSSR count). The van der Waals surface area contributed by atoms with Gasteiger partial charge in [0, 0.05) is 31.6 Å². The Kier molecular flexibility index (Phi) is 6.53. The molecule has 26 heavy (non-hydrogen) atoms.